The molecule has 1 aliphatic carbocycles. The van der Waals surface area contributed by atoms with Crippen LogP contribution in [-0.2, 0) is 11.3 Å². The number of rotatable bonds is 5. The van der Waals surface area contributed by atoms with Crippen molar-refractivity contribution in [1.82, 2.24) is 14.5 Å². The third kappa shape index (κ3) is 3.74. The van der Waals surface area contributed by atoms with E-state index in [9.17, 15) is 4.79 Å². The fourth-order valence-corrected chi connectivity index (χ4v) is 3.15. The van der Waals surface area contributed by atoms with E-state index in [1.165, 1.54) is 18.9 Å². The van der Waals surface area contributed by atoms with Crippen LogP contribution in [0.3, 0.4) is 0 Å². The van der Waals surface area contributed by atoms with Crippen molar-refractivity contribution in [2.24, 2.45) is 5.92 Å². The van der Waals surface area contributed by atoms with Gasteiger partial charge in [0.05, 0.1) is 18.6 Å². The van der Waals surface area contributed by atoms with E-state index < -0.39 is 0 Å². The summed E-state index contributed by atoms with van der Waals surface area (Å²) in [6.07, 6.45) is 9.75. The predicted octanol–water partition coefficient (Wildman–Crippen LogP) is 3.56. The number of hydrogen-bond acceptors (Lipinski definition) is 2. The number of imidazole rings is 1. The highest BCUT2D eigenvalue weighted by Gasteiger charge is 2.27. The van der Waals surface area contributed by atoms with Crippen molar-refractivity contribution in [3.8, 4) is 0 Å². The normalized spacial score (nSPS) is 22.3. The molecule has 1 saturated carbocycles. The summed E-state index contributed by atoms with van der Waals surface area (Å²) in [5, 5.41) is 0. The molecular weight excluding hydrogens is 262 g/mol. The number of carbonyl (C=O) groups is 1. The molecule has 1 fully saturated rings. The van der Waals surface area contributed by atoms with Crippen LogP contribution in [0.2, 0.25) is 0 Å². The molecular formula is C17H27N3O. The van der Waals surface area contributed by atoms with Gasteiger partial charge in [-0.1, -0.05) is 13.5 Å². The average molecular weight is 289 g/mol. The summed E-state index contributed by atoms with van der Waals surface area (Å²) in [4.78, 5) is 18.5. The first-order chi connectivity index (χ1) is 10.0. The van der Waals surface area contributed by atoms with E-state index in [1.807, 2.05) is 17.4 Å². The Morgan fingerprint density at radius 3 is 2.71 bits per heavy atom. The topological polar surface area (TPSA) is 38.1 Å². The maximum Gasteiger partial charge on any atom is 0.246 e. The highest BCUT2D eigenvalue weighted by atomic mass is 16.2. The van der Waals surface area contributed by atoms with Crippen molar-refractivity contribution in [1.29, 1.82) is 0 Å². The maximum absolute atomic E-state index is 12.3. The molecule has 0 N–H and O–H groups in total. The van der Waals surface area contributed by atoms with Gasteiger partial charge in [0, 0.05) is 18.3 Å². The fourth-order valence-electron chi connectivity index (χ4n) is 3.15. The molecule has 1 aliphatic rings. The second-order valence-electron chi connectivity index (χ2n) is 6.47. The maximum atomic E-state index is 12.3. The summed E-state index contributed by atoms with van der Waals surface area (Å²) >= 11 is 0. The van der Waals surface area contributed by atoms with Crippen LogP contribution in [0.4, 0.5) is 0 Å². The van der Waals surface area contributed by atoms with Gasteiger partial charge in [-0.15, -0.1) is 0 Å². The molecule has 0 saturated heterocycles. The lowest BCUT2D eigenvalue weighted by Crippen LogP contribution is -2.41. The quantitative estimate of drug-likeness (QED) is 0.777. The van der Waals surface area contributed by atoms with Crippen molar-refractivity contribution in [2.45, 2.75) is 65.1 Å². The summed E-state index contributed by atoms with van der Waals surface area (Å²) in [5.41, 5.74) is 1.10. The predicted molar refractivity (Wildman–Crippen MR) is 84.8 cm³/mol. The van der Waals surface area contributed by atoms with E-state index in [0.717, 1.165) is 24.5 Å². The molecule has 0 aliphatic heterocycles. The minimum Gasteiger partial charge on any atom is -0.330 e. The van der Waals surface area contributed by atoms with Crippen LogP contribution >= 0.6 is 0 Å². The standard InChI is InChI=1S/C17H27N3O/c1-5-17(21)19(15-8-6-14(4)7-9-15)11-16-10-18-12-20(16)13(2)3/h5,10,12-15H,1,6-9,11H2,2-4H3. The van der Waals surface area contributed by atoms with E-state index >= 15 is 0 Å². The van der Waals surface area contributed by atoms with Gasteiger partial charge in [0.15, 0.2) is 0 Å². The summed E-state index contributed by atoms with van der Waals surface area (Å²) in [6.45, 7) is 10.9. The summed E-state index contributed by atoms with van der Waals surface area (Å²) in [5.74, 6) is 0.814. The van der Waals surface area contributed by atoms with Gasteiger partial charge in [-0.2, -0.15) is 0 Å². The average Bonchev–Trinajstić information content (AvgIpc) is 2.93. The molecule has 1 aromatic rings. The van der Waals surface area contributed by atoms with Crippen LogP contribution in [0.5, 0.6) is 0 Å². The zero-order valence-corrected chi connectivity index (χ0v) is 13.5. The van der Waals surface area contributed by atoms with Crippen molar-refractivity contribution < 1.29 is 4.79 Å². The molecule has 0 aromatic carbocycles. The van der Waals surface area contributed by atoms with Gasteiger partial charge >= 0.3 is 0 Å². The molecule has 0 radical (unpaired) electrons. The molecule has 1 amide bonds. The Balaban J connectivity index is 2.15. The molecule has 4 nitrogen and oxygen atoms in total. The third-order valence-corrected chi connectivity index (χ3v) is 4.52. The molecule has 1 heterocycles. The van der Waals surface area contributed by atoms with E-state index in [2.05, 4.69) is 36.9 Å². The van der Waals surface area contributed by atoms with Gasteiger partial charge in [0.1, 0.15) is 0 Å². The van der Waals surface area contributed by atoms with Gasteiger partial charge in [0.25, 0.3) is 0 Å². The first-order valence-corrected chi connectivity index (χ1v) is 7.96. The number of aromatic nitrogens is 2. The minimum absolute atomic E-state index is 0.0334. The number of hydrogen-bond donors (Lipinski definition) is 0. The molecule has 2 rings (SSSR count). The monoisotopic (exact) mass is 289 g/mol. The SMILES string of the molecule is C=CC(=O)N(Cc1cncn1C(C)C)C1CCC(C)CC1. The first kappa shape index (κ1) is 15.8. The minimum atomic E-state index is 0.0334. The molecule has 0 atom stereocenters. The van der Waals surface area contributed by atoms with Crippen molar-refractivity contribution in [3.63, 3.8) is 0 Å². The fraction of sp³-hybridized carbons (Fsp3) is 0.647. The largest absolute Gasteiger partial charge is 0.330 e. The number of carbonyl (C=O) groups excluding carboxylic acids is 1. The lowest BCUT2D eigenvalue weighted by atomic mass is 9.86. The molecule has 116 valence electrons. The third-order valence-electron chi connectivity index (χ3n) is 4.52. The Labute approximate surface area is 127 Å². The van der Waals surface area contributed by atoms with Crippen LogP contribution in [0.25, 0.3) is 0 Å². The second kappa shape index (κ2) is 6.92. The van der Waals surface area contributed by atoms with Crippen molar-refractivity contribution in [2.75, 3.05) is 0 Å². The smallest absolute Gasteiger partial charge is 0.246 e. The Bertz CT molecular complexity index is 484. The number of nitrogens with zero attached hydrogens (tertiary/aromatic N) is 3. The highest BCUT2D eigenvalue weighted by Crippen LogP contribution is 2.28. The van der Waals surface area contributed by atoms with Crippen LogP contribution < -0.4 is 0 Å². The van der Waals surface area contributed by atoms with Crippen LogP contribution in [-0.4, -0.2) is 26.4 Å². The molecule has 4 heteroatoms. The van der Waals surface area contributed by atoms with Gasteiger partial charge in [0.2, 0.25) is 5.91 Å². The molecule has 21 heavy (non-hydrogen) atoms. The van der Waals surface area contributed by atoms with Crippen molar-refractivity contribution in [3.05, 3.63) is 30.9 Å². The summed E-state index contributed by atoms with van der Waals surface area (Å²) in [6, 6.07) is 0.691. The highest BCUT2D eigenvalue weighted by molar-refractivity contribution is 5.87. The van der Waals surface area contributed by atoms with E-state index in [0.29, 0.717) is 18.6 Å². The van der Waals surface area contributed by atoms with Gasteiger partial charge in [-0.25, -0.2) is 4.98 Å². The Morgan fingerprint density at radius 1 is 1.48 bits per heavy atom. The molecule has 0 unspecified atom stereocenters. The molecule has 1 aromatic heterocycles. The zero-order valence-electron chi connectivity index (χ0n) is 13.5. The Hall–Kier alpha value is -1.58. The van der Waals surface area contributed by atoms with Crippen molar-refractivity contribution >= 4 is 5.91 Å². The lowest BCUT2D eigenvalue weighted by Gasteiger charge is -2.36. The van der Waals surface area contributed by atoms with Crippen LogP contribution in [0, 0.1) is 5.92 Å². The van der Waals surface area contributed by atoms with Crippen LogP contribution in [0.15, 0.2) is 25.2 Å². The zero-order chi connectivity index (χ0) is 15.4. The van der Waals surface area contributed by atoms with Gasteiger partial charge < -0.3 is 9.47 Å². The van der Waals surface area contributed by atoms with E-state index in [1.54, 1.807) is 0 Å². The Morgan fingerprint density at radius 2 is 2.14 bits per heavy atom. The summed E-state index contributed by atoms with van der Waals surface area (Å²) in [7, 11) is 0. The van der Waals surface area contributed by atoms with Gasteiger partial charge in [-0.05, 0) is 51.5 Å². The lowest BCUT2D eigenvalue weighted by molar-refractivity contribution is -0.129. The van der Waals surface area contributed by atoms with E-state index in [-0.39, 0.29) is 5.91 Å². The molecule has 0 bridgehead atoms. The molecule has 0 spiro atoms. The Kier molecular flexibility index (Phi) is 5.21. The van der Waals surface area contributed by atoms with Gasteiger partial charge in [-0.3, -0.25) is 4.79 Å². The first-order valence-electron chi connectivity index (χ1n) is 7.96. The van der Waals surface area contributed by atoms with Crippen LogP contribution in [0.1, 0.15) is 58.2 Å². The summed E-state index contributed by atoms with van der Waals surface area (Å²) < 4.78 is 2.13. The number of amides is 1. The second-order valence-corrected chi connectivity index (χ2v) is 6.47. The van der Waals surface area contributed by atoms with E-state index in [4.69, 9.17) is 0 Å².